The van der Waals surface area contributed by atoms with E-state index in [0.29, 0.717) is 16.2 Å². The van der Waals surface area contributed by atoms with Crippen LogP contribution in [0, 0.1) is 5.82 Å². The Labute approximate surface area is 162 Å². The van der Waals surface area contributed by atoms with E-state index in [-0.39, 0.29) is 5.56 Å². The number of rotatable bonds is 4. The van der Waals surface area contributed by atoms with Gasteiger partial charge >= 0.3 is 0 Å². The van der Waals surface area contributed by atoms with Crippen molar-refractivity contribution in [2.24, 2.45) is 0 Å². The first kappa shape index (κ1) is 17.6. The highest BCUT2D eigenvalue weighted by Crippen LogP contribution is 2.27. The van der Waals surface area contributed by atoms with E-state index in [9.17, 15) is 9.18 Å². The number of halogens is 1. The molecule has 4 aromatic rings. The molecule has 0 saturated carbocycles. The Morgan fingerprint density at radius 2 is 1.93 bits per heavy atom. The molecule has 27 heavy (non-hydrogen) atoms. The standard InChI is InChI=1S/C19H13FN4OS2/c1-26-13-4-2-11(3-5-13)16-10-27-19(23-16)24-18(25)14-8-12(20)9-15-17(14)22-7-6-21-15/h2-10H,1H3,(H,23,24,25). The Balaban J connectivity index is 1.60. The van der Waals surface area contributed by atoms with Gasteiger partial charge in [-0.1, -0.05) is 12.1 Å². The van der Waals surface area contributed by atoms with Gasteiger partial charge in [0.05, 0.1) is 16.8 Å². The molecule has 0 aliphatic heterocycles. The molecule has 0 atom stereocenters. The number of benzene rings is 2. The first-order valence-electron chi connectivity index (χ1n) is 7.95. The number of anilines is 1. The fourth-order valence-corrected chi connectivity index (χ4v) is 3.73. The largest absolute Gasteiger partial charge is 0.298 e. The smallest absolute Gasteiger partial charge is 0.259 e. The fraction of sp³-hybridized carbons (Fsp3) is 0.0526. The van der Waals surface area contributed by atoms with Crippen molar-refractivity contribution in [1.29, 1.82) is 0 Å². The lowest BCUT2D eigenvalue weighted by Crippen LogP contribution is -2.13. The molecule has 0 saturated heterocycles. The topological polar surface area (TPSA) is 67.8 Å². The quantitative estimate of drug-likeness (QED) is 0.499. The summed E-state index contributed by atoms with van der Waals surface area (Å²) in [5.74, 6) is -1.01. The number of thioether (sulfide) groups is 1. The Hall–Kier alpha value is -2.84. The van der Waals surface area contributed by atoms with Gasteiger partial charge in [-0.2, -0.15) is 0 Å². The Kier molecular flexibility index (Phi) is 4.83. The second-order valence-corrected chi connectivity index (χ2v) is 7.34. The monoisotopic (exact) mass is 396 g/mol. The molecule has 0 aliphatic rings. The second kappa shape index (κ2) is 7.42. The first-order valence-corrected chi connectivity index (χ1v) is 10.1. The van der Waals surface area contributed by atoms with Crippen molar-refractivity contribution in [2.75, 3.05) is 11.6 Å². The Morgan fingerprint density at radius 1 is 1.15 bits per heavy atom. The van der Waals surface area contributed by atoms with Crippen molar-refractivity contribution >= 4 is 45.2 Å². The van der Waals surface area contributed by atoms with E-state index < -0.39 is 11.7 Å². The van der Waals surface area contributed by atoms with Gasteiger partial charge in [0.15, 0.2) is 5.13 Å². The van der Waals surface area contributed by atoms with Gasteiger partial charge in [0, 0.05) is 34.3 Å². The van der Waals surface area contributed by atoms with E-state index in [1.165, 1.54) is 34.7 Å². The van der Waals surface area contributed by atoms with Crippen LogP contribution in [-0.2, 0) is 0 Å². The van der Waals surface area contributed by atoms with Crippen molar-refractivity contribution in [3.8, 4) is 11.3 Å². The maximum absolute atomic E-state index is 13.8. The molecule has 2 heterocycles. The minimum Gasteiger partial charge on any atom is -0.298 e. The van der Waals surface area contributed by atoms with Crippen molar-refractivity contribution in [1.82, 2.24) is 15.0 Å². The molecule has 0 spiro atoms. The molecule has 2 aromatic heterocycles. The Morgan fingerprint density at radius 3 is 2.70 bits per heavy atom. The summed E-state index contributed by atoms with van der Waals surface area (Å²) in [6.07, 6.45) is 4.95. The molecule has 1 amide bonds. The summed E-state index contributed by atoms with van der Waals surface area (Å²) in [5.41, 5.74) is 2.54. The van der Waals surface area contributed by atoms with Gasteiger partial charge < -0.3 is 0 Å². The highest BCUT2D eigenvalue weighted by atomic mass is 32.2. The number of carbonyl (C=O) groups excluding carboxylic acids is 1. The molecule has 0 unspecified atom stereocenters. The van der Waals surface area contributed by atoms with E-state index in [2.05, 4.69) is 20.3 Å². The van der Waals surface area contributed by atoms with Gasteiger partial charge in [-0.05, 0) is 24.5 Å². The molecule has 134 valence electrons. The molecular formula is C19H13FN4OS2. The maximum atomic E-state index is 13.8. The van der Waals surface area contributed by atoms with Crippen molar-refractivity contribution in [3.05, 3.63) is 65.6 Å². The number of carbonyl (C=O) groups is 1. The van der Waals surface area contributed by atoms with Gasteiger partial charge in [0.25, 0.3) is 5.91 Å². The zero-order chi connectivity index (χ0) is 18.8. The lowest BCUT2D eigenvalue weighted by Gasteiger charge is -2.05. The van der Waals surface area contributed by atoms with Crippen LogP contribution in [0.1, 0.15) is 10.4 Å². The van der Waals surface area contributed by atoms with Crippen LogP contribution in [0.15, 0.2) is 59.1 Å². The van der Waals surface area contributed by atoms with Crippen molar-refractivity contribution in [2.45, 2.75) is 4.90 Å². The molecule has 4 rings (SSSR count). The molecule has 0 fully saturated rings. The number of hydrogen-bond acceptors (Lipinski definition) is 6. The number of thiazole rings is 1. The minimum atomic E-state index is -0.540. The van der Waals surface area contributed by atoms with Gasteiger partial charge in [0.1, 0.15) is 11.3 Å². The summed E-state index contributed by atoms with van der Waals surface area (Å²) in [6.45, 7) is 0. The predicted octanol–water partition coefficient (Wildman–Crippen LogP) is 4.87. The molecule has 1 N–H and O–H groups in total. The number of nitrogens with zero attached hydrogens (tertiary/aromatic N) is 3. The van der Waals surface area contributed by atoms with E-state index in [1.807, 2.05) is 35.9 Å². The lowest BCUT2D eigenvalue weighted by molar-refractivity contribution is 0.102. The van der Waals surface area contributed by atoms with Crippen LogP contribution in [-0.4, -0.2) is 27.1 Å². The third-order valence-electron chi connectivity index (χ3n) is 3.89. The first-order chi connectivity index (χ1) is 13.1. The van der Waals surface area contributed by atoms with Gasteiger partial charge in [-0.15, -0.1) is 23.1 Å². The summed E-state index contributed by atoms with van der Waals surface area (Å²) in [6, 6.07) is 10.4. The number of amides is 1. The van der Waals surface area contributed by atoms with Crippen LogP contribution in [0.5, 0.6) is 0 Å². The normalized spacial score (nSPS) is 10.9. The van der Waals surface area contributed by atoms with E-state index in [1.54, 1.807) is 11.8 Å². The van der Waals surface area contributed by atoms with Crippen molar-refractivity contribution in [3.63, 3.8) is 0 Å². The number of hydrogen-bond donors (Lipinski definition) is 1. The zero-order valence-electron chi connectivity index (χ0n) is 14.1. The minimum absolute atomic E-state index is 0.124. The van der Waals surface area contributed by atoms with Crippen LogP contribution >= 0.6 is 23.1 Å². The Bertz CT molecular complexity index is 1130. The summed E-state index contributed by atoms with van der Waals surface area (Å²) in [5, 5.41) is 5.02. The molecule has 2 aromatic carbocycles. The summed E-state index contributed by atoms with van der Waals surface area (Å²) in [4.78, 5) is 26.4. The number of nitrogens with one attached hydrogen (secondary N) is 1. The van der Waals surface area contributed by atoms with Crippen LogP contribution in [0.3, 0.4) is 0 Å². The number of aromatic nitrogens is 3. The third-order valence-corrected chi connectivity index (χ3v) is 5.39. The summed E-state index contributed by atoms with van der Waals surface area (Å²) < 4.78 is 13.8. The van der Waals surface area contributed by atoms with E-state index in [0.717, 1.165) is 17.3 Å². The highest BCUT2D eigenvalue weighted by Gasteiger charge is 2.16. The van der Waals surface area contributed by atoms with Crippen LogP contribution in [0.2, 0.25) is 0 Å². The average molecular weight is 396 g/mol. The van der Waals surface area contributed by atoms with Gasteiger partial charge in [-0.25, -0.2) is 9.37 Å². The molecule has 0 radical (unpaired) electrons. The third kappa shape index (κ3) is 3.67. The van der Waals surface area contributed by atoms with Crippen LogP contribution < -0.4 is 5.32 Å². The number of fused-ring (bicyclic) bond motifs is 1. The van der Waals surface area contributed by atoms with E-state index >= 15 is 0 Å². The lowest BCUT2D eigenvalue weighted by atomic mass is 10.1. The summed E-state index contributed by atoms with van der Waals surface area (Å²) in [7, 11) is 0. The predicted molar refractivity (Wildman–Crippen MR) is 107 cm³/mol. The van der Waals surface area contributed by atoms with Crippen LogP contribution in [0.25, 0.3) is 22.3 Å². The molecule has 5 nitrogen and oxygen atoms in total. The van der Waals surface area contributed by atoms with Crippen molar-refractivity contribution < 1.29 is 9.18 Å². The SMILES string of the molecule is CSc1ccc(-c2csc(NC(=O)c3cc(F)cc4nccnc34)n2)cc1. The zero-order valence-corrected chi connectivity index (χ0v) is 15.8. The summed E-state index contributed by atoms with van der Waals surface area (Å²) >= 11 is 2.98. The van der Waals surface area contributed by atoms with Gasteiger partial charge in [-0.3, -0.25) is 20.1 Å². The highest BCUT2D eigenvalue weighted by molar-refractivity contribution is 7.98. The molecule has 8 heteroatoms. The van der Waals surface area contributed by atoms with E-state index in [4.69, 9.17) is 0 Å². The maximum Gasteiger partial charge on any atom is 0.259 e. The molecule has 0 aliphatic carbocycles. The fourth-order valence-electron chi connectivity index (χ4n) is 2.60. The van der Waals surface area contributed by atoms with Gasteiger partial charge in [0.2, 0.25) is 0 Å². The van der Waals surface area contributed by atoms with Crippen LogP contribution in [0.4, 0.5) is 9.52 Å². The second-order valence-electron chi connectivity index (χ2n) is 5.60. The average Bonchev–Trinajstić information content (AvgIpc) is 3.15. The molecular weight excluding hydrogens is 383 g/mol. The molecule has 0 bridgehead atoms.